The first-order chi connectivity index (χ1) is 12.6. The summed E-state index contributed by atoms with van der Waals surface area (Å²) in [4.78, 5) is 12.4. The maximum absolute atomic E-state index is 12.7. The first kappa shape index (κ1) is 21.4. The molecule has 6 nitrogen and oxygen atoms in total. The van der Waals surface area contributed by atoms with Crippen molar-refractivity contribution in [2.75, 3.05) is 13.7 Å². The van der Waals surface area contributed by atoms with Crippen LogP contribution in [0.3, 0.4) is 0 Å². The van der Waals surface area contributed by atoms with Crippen molar-refractivity contribution in [3.63, 3.8) is 0 Å². The molecule has 0 bridgehead atoms. The molecule has 0 aliphatic heterocycles. The summed E-state index contributed by atoms with van der Waals surface area (Å²) in [5, 5.41) is 2.87. The van der Waals surface area contributed by atoms with Crippen LogP contribution in [0.5, 0.6) is 5.75 Å². The van der Waals surface area contributed by atoms with Gasteiger partial charge in [-0.1, -0.05) is 11.6 Å². The van der Waals surface area contributed by atoms with Crippen LogP contribution in [0.1, 0.15) is 63.2 Å². The molecule has 0 fully saturated rings. The van der Waals surface area contributed by atoms with Gasteiger partial charge in [0.05, 0.1) is 7.11 Å². The van der Waals surface area contributed by atoms with Crippen LogP contribution >= 0.6 is 0 Å². The Bertz CT molecular complexity index is 808. The predicted octanol–water partition coefficient (Wildman–Crippen LogP) is 3.39. The van der Waals surface area contributed by atoms with Gasteiger partial charge in [0, 0.05) is 17.6 Å². The molecular weight excluding hydrogens is 364 g/mol. The van der Waals surface area contributed by atoms with Crippen molar-refractivity contribution in [3.8, 4) is 5.75 Å². The van der Waals surface area contributed by atoms with Crippen molar-refractivity contribution >= 4 is 15.9 Å². The number of hydrogen-bond acceptors (Lipinski definition) is 4. The van der Waals surface area contributed by atoms with Crippen LogP contribution in [-0.4, -0.2) is 33.5 Å². The lowest BCUT2D eigenvalue weighted by atomic mass is 9.97. The average Bonchev–Trinajstić information content (AvgIpc) is 2.60. The Labute approximate surface area is 162 Å². The maximum atomic E-state index is 12.7. The summed E-state index contributed by atoms with van der Waals surface area (Å²) >= 11 is 0. The van der Waals surface area contributed by atoms with Gasteiger partial charge in [0.25, 0.3) is 5.91 Å². The molecule has 1 amide bonds. The van der Waals surface area contributed by atoms with E-state index in [9.17, 15) is 13.2 Å². The van der Waals surface area contributed by atoms with E-state index in [-0.39, 0.29) is 16.6 Å². The number of methoxy groups -OCH3 is 1. The van der Waals surface area contributed by atoms with Crippen molar-refractivity contribution < 1.29 is 17.9 Å². The molecule has 1 aromatic carbocycles. The molecule has 27 heavy (non-hydrogen) atoms. The molecule has 0 saturated carbocycles. The largest absolute Gasteiger partial charge is 0.495 e. The Balaban J connectivity index is 2.13. The first-order valence-electron chi connectivity index (χ1n) is 9.30. The SMILES string of the molecule is COc1ccc(C(=O)NCCC2=CCCCC2)cc1S(=O)(=O)NC(C)(C)C. The van der Waals surface area contributed by atoms with Crippen molar-refractivity contribution in [2.24, 2.45) is 0 Å². The Morgan fingerprint density at radius 3 is 2.56 bits per heavy atom. The molecule has 0 saturated heterocycles. The first-order valence-corrected chi connectivity index (χ1v) is 10.8. The molecule has 150 valence electrons. The van der Waals surface area contributed by atoms with Crippen LogP contribution in [0.2, 0.25) is 0 Å². The minimum absolute atomic E-state index is 0.0393. The topological polar surface area (TPSA) is 84.5 Å². The highest BCUT2D eigenvalue weighted by molar-refractivity contribution is 7.89. The summed E-state index contributed by atoms with van der Waals surface area (Å²) in [6, 6.07) is 4.45. The smallest absolute Gasteiger partial charge is 0.251 e. The van der Waals surface area contributed by atoms with E-state index in [1.165, 1.54) is 37.7 Å². The molecule has 0 radical (unpaired) electrons. The monoisotopic (exact) mass is 394 g/mol. The molecule has 7 heteroatoms. The number of sulfonamides is 1. The Morgan fingerprint density at radius 1 is 1.22 bits per heavy atom. The minimum atomic E-state index is -3.82. The van der Waals surface area contributed by atoms with Gasteiger partial charge in [-0.15, -0.1) is 0 Å². The second-order valence-electron chi connectivity index (χ2n) is 7.84. The van der Waals surface area contributed by atoms with E-state index in [2.05, 4.69) is 16.1 Å². The van der Waals surface area contributed by atoms with Gasteiger partial charge in [-0.25, -0.2) is 13.1 Å². The molecule has 0 unspecified atom stereocenters. The molecule has 0 heterocycles. The minimum Gasteiger partial charge on any atom is -0.495 e. The fourth-order valence-corrected chi connectivity index (χ4v) is 4.67. The van der Waals surface area contributed by atoms with Gasteiger partial charge in [0.1, 0.15) is 10.6 Å². The van der Waals surface area contributed by atoms with Gasteiger partial charge >= 0.3 is 0 Å². The lowest BCUT2D eigenvalue weighted by molar-refractivity contribution is 0.0953. The molecule has 0 aromatic heterocycles. The number of nitrogens with one attached hydrogen (secondary N) is 2. The molecule has 1 aliphatic rings. The highest BCUT2D eigenvalue weighted by atomic mass is 32.2. The van der Waals surface area contributed by atoms with Crippen LogP contribution < -0.4 is 14.8 Å². The van der Waals surface area contributed by atoms with Crippen LogP contribution in [0, 0.1) is 0 Å². The zero-order valence-corrected chi connectivity index (χ0v) is 17.4. The van der Waals surface area contributed by atoms with E-state index in [0.29, 0.717) is 12.1 Å². The van der Waals surface area contributed by atoms with Crippen molar-refractivity contribution in [2.45, 2.75) is 63.3 Å². The molecule has 2 rings (SSSR count). The predicted molar refractivity (Wildman–Crippen MR) is 107 cm³/mol. The number of allylic oxidation sites excluding steroid dienone is 1. The second-order valence-corrected chi connectivity index (χ2v) is 9.49. The van der Waals surface area contributed by atoms with Crippen molar-refractivity contribution in [3.05, 3.63) is 35.4 Å². The van der Waals surface area contributed by atoms with Gasteiger partial charge in [-0.2, -0.15) is 0 Å². The zero-order valence-electron chi connectivity index (χ0n) is 16.6. The van der Waals surface area contributed by atoms with Gasteiger partial charge in [-0.05, 0) is 71.1 Å². The van der Waals surface area contributed by atoms with Gasteiger partial charge < -0.3 is 10.1 Å². The van der Waals surface area contributed by atoms with Crippen LogP contribution in [-0.2, 0) is 10.0 Å². The number of benzene rings is 1. The molecule has 1 aromatic rings. The summed E-state index contributed by atoms with van der Waals surface area (Å²) < 4.78 is 33.2. The molecule has 0 spiro atoms. The van der Waals surface area contributed by atoms with Crippen molar-refractivity contribution in [1.82, 2.24) is 10.0 Å². The lowest BCUT2D eigenvalue weighted by Crippen LogP contribution is -2.40. The van der Waals surface area contributed by atoms with Gasteiger partial charge in [0.15, 0.2) is 0 Å². The zero-order chi connectivity index (χ0) is 20.1. The molecule has 2 N–H and O–H groups in total. The normalized spacial score (nSPS) is 15.2. The average molecular weight is 395 g/mol. The number of hydrogen-bond donors (Lipinski definition) is 2. The van der Waals surface area contributed by atoms with Crippen LogP contribution in [0.15, 0.2) is 34.7 Å². The van der Waals surface area contributed by atoms with E-state index >= 15 is 0 Å². The number of ether oxygens (including phenoxy) is 1. The fraction of sp³-hybridized carbons (Fsp3) is 0.550. The van der Waals surface area contributed by atoms with Crippen LogP contribution in [0.4, 0.5) is 0 Å². The third-order valence-corrected chi connectivity index (χ3v) is 6.05. The molecule has 1 aliphatic carbocycles. The third kappa shape index (κ3) is 6.36. The maximum Gasteiger partial charge on any atom is 0.251 e. The Morgan fingerprint density at radius 2 is 1.96 bits per heavy atom. The van der Waals surface area contributed by atoms with Crippen molar-refractivity contribution in [1.29, 1.82) is 0 Å². The molecule has 0 atom stereocenters. The highest BCUT2D eigenvalue weighted by Gasteiger charge is 2.26. The van der Waals surface area contributed by atoms with E-state index in [0.717, 1.165) is 19.3 Å². The standard InChI is InChI=1S/C20H30N2O4S/c1-20(2,3)22-27(24,25)18-14-16(10-11-17(18)26-4)19(23)21-13-12-15-8-6-5-7-9-15/h8,10-11,14,22H,5-7,9,12-13H2,1-4H3,(H,21,23). The summed E-state index contributed by atoms with van der Waals surface area (Å²) in [6.45, 7) is 5.81. The van der Waals surface area contributed by atoms with Crippen LogP contribution in [0.25, 0.3) is 0 Å². The number of carbonyl (C=O) groups is 1. The second kappa shape index (κ2) is 8.89. The number of carbonyl (C=O) groups excluding carboxylic acids is 1. The van der Waals surface area contributed by atoms with E-state index in [1.807, 2.05) is 0 Å². The van der Waals surface area contributed by atoms with Gasteiger partial charge in [0.2, 0.25) is 10.0 Å². The summed E-state index contributed by atoms with van der Waals surface area (Å²) in [6.07, 6.45) is 7.75. The lowest BCUT2D eigenvalue weighted by Gasteiger charge is -2.21. The third-order valence-electron chi connectivity index (χ3n) is 4.27. The summed E-state index contributed by atoms with van der Waals surface area (Å²) in [5.41, 5.74) is 1.03. The summed E-state index contributed by atoms with van der Waals surface area (Å²) in [5.74, 6) is -0.0862. The molecular formula is C20H30N2O4S. The Kier molecular flexibility index (Phi) is 7.06. The fourth-order valence-electron chi connectivity index (χ4n) is 3.06. The van der Waals surface area contributed by atoms with E-state index in [4.69, 9.17) is 4.74 Å². The number of rotatable bonds is 7. The highest BCUT2D eigenvalue weighted by Crippen LogP contribution is 2.26. The number of amides is 1. The Hall–Kier alpha value is -1.86. The van der Waals surface area contributed by atoms with Gasteiger partial charge in [-0.3, -0.25) is 4.79 Å². The van der Waals surface area contributed by atoms with E-state index in [1.54, 1.807) is 26.8 Å². The quantitative estimate of drug-likeness (QED) is 0.694. The van der Waals surface area contributed by atoms with E-state index < -0.39 is 15.6 Å². The summed E-state index contributed by atoms with van der Waals surface area (Å²) in [7, 11) is -2.41.